The molecule has 2 N–H and O–H groups in total. The van der Waals surface area contributed by atoms with E-state index in [4.69, 9.17) is 26.6 Å². The maximum Gasteiger partial charge on any atom is 0.264 e. The zero-order chi connectivity index (χ0) is 13.8. The molecule has 2 aromatic rings. The Hall–Kier alpha value is -1.59. The average Bonchev–Trinajstić information content (AvgIpc) is 2.85. The summed E-state index contributed by atoms with van der Waals surface area (Å²) in [7, 11) is 0. The zero-order valence-corrected chi connectivity index (χ0v) is 11.6. The lowest BCUT2D eigenvalue weighted by atomic mass is 10.1. The van der Waals surface area contributed by atoms with E-state index < -0.39 is 0 Å². The maximum atomic E-state index is 5.95. The van der Waals surface area contributed by atoms with Gasteiger partial charge in [-0.3, -0.25) is 0 Å². The van der Waals surface area contributed by atoms with E-state index in [-0.39, 0.29) is 12.6 Å². The molecule has 102 valence electrons. The molecule has 0 unspecified atom stereocenters. The first-order chi connectivity index (χ1) is 9.10. The van der Waals surface area contributed by atoms with Crippen LogP contribution in [0.5, 0.6) is 5.75 Å². The Balaban J connectivity index is 2.10. The molecule has 1 atom stereocenters. The van der Waals surface area contributed by atoms with Crippen LogP contribution in [0.25, 0.3) is 0 Å². The highest BCUT2D eigenvalue weighted by Gasteiger charge is 2.11. The summed E-state index contributed by atoms with van der Waals surface area (Å²) >= 11 is 5.95. The standard InChI is InChI=1S/C13H16ClN3O2/c1-3-12-16-13(19-17-12)7-18-11-5-4-9(14)6-10(11)8(2)15/h4-6,8H,3,7,15H2,1-2H3/t8-/m1/s1. The highest BCUT2D eigenvalue weighted by atomic mass is 35.5. The predicted molar refractivity (Wildman–Crippen MR) is 72.1 cm³/mol. The van der Waals surface area contributed by atoms with Crippen LogP contribution < -0.4 is 10.5 Å². The van der Waals surface area contributed by atoms with Gasteiger partial charge >= 0.3 is 0 Å². The van der Waals surface area contributed by atoms with E-state index in [0.717, 1.165) is 12.0 Å². The van der Waals surface area contributed by atoms with Crippen molar-refractivity contribution in [3.63, 3.8) is 0 Å². The predicted octanol–water partition coefficient (Wildman–Crippen LogP) is 2.88. The van der Waals surface area contributed by atoms with Crippen molar-refractivity contribution in [2.45, 2.75) is 32.9 Å². The van der Waals surface area contributed by atoms with Crippen molar-refractivity contribution in [1.82, 2.24) is 10.1 Å². The maximum absolute atomic E-state index is 5.95. The summed E-state index contributed by atoms with van der Waals surface area (Å²) in [5, 5.41) is 4.44. The summed E-state index contributed by atoms with van der Waals surface area (Å²) < 4.78 is 10.7. The van der Waals surface area contributed by atoms with Gasteiger partial charge in [0.05, 0.1) is 0 Å². The highest BCUT2D eigenvalue weighted by Crippen LogP contribution is 2.27. The van der Waals surface area contributed by atoms with Crippen molar-refractivity contribution < 1.29 is 9.26 Å². The summed E-state index contributed by atoms with van der Waals surface area (Å²) in [6, 6.07) is 5.18. The quantitative estimate of drug-likeness (QED) is 0.912. The van der Waals surface area contributed by atoms with Crippen molar-refractivity contribution >= 4 is 11.6 Å². The van der Waals surface area contributed by atoms with E-state index in [2.05, 4.69) is 10.1 Å². The third-order valence-corrected chi connectivity index (χ3v) is 2.88. The van der Waals surface area contributed by atoms with Crippen molar-refractivity contribution in [3.05, 3.63) is 40.5 Å². The molecule has 1 aromatic carbocycles. The molecule has 0 amide bonds. The van der Waals surface area contributed by atoms with Gasteiger partial charge in [0.15, 0.2) is 12.4 Å². The van der Waals surface area contributed by atoms with Crippen LogP contribution in [0, 0.1) is 0 Å². The molecule has 0 bridgehead atoms. The molecule has 0 radical (unpaired) electrons. The number of aryl methyl sites for hydroxylation is 1. The molecular formula is C13H16ClN3O2. The van der Waals surface area contributed by atoms with Crippen LogP contribution >= 0.6 is 11.6 Å². The van der Waals surface area contributed by atoms with E-state index in [1.54, 1.807) is 18.2 Å². The van der Waals surface area contributed by atoms with Crippen LogP contribution in [0.15, 0.2) is 22.7 Å². The molecule has 0 saturated carbocycles. The number of hydrogen-bond acceptors (Lipinski definition) is 5. The zero-order valence-electron chi connectivity index (χ0n) is 10.9. The molecule has 5 nitrogen and oxygen atoms in total. The lowest BCUT2D eigenvalue weighted by Crippen LogP contribution is -2.08. The van der Waals surface area contributed by atoms with Crippen molar-refractivity contribution in [2.75, 3.05) is 0 Å². The molecule has 0 spiro atoms. The third-order valence-electron chi connectivity index (χ3n) is 2.64. The summed E-state index contributed by atoms with van der Waals surface area (Å²) in [4.78, 5) is 4.18. The summed E-state index contributed by atoms with van der Waals surface area (Å²) in [6.45, 7) is 4.05. The Morgan fingerprint density at radius 3 is 2.89 bits per heavy atom. The van der Waals surface area contributed by atoms with Gasteiger partial charge in [0.2, 0.25) is 0 Å². The average molecular weight is 282 g/mol. The molecule has 0 aliphatic heterocycles. The Bertz CT molecular complexity index is 555. The Morgan fingerprint density at radius 2 is 2.26 bits per heavy atom. The first-order valence-electron chi connectivity index (χ1n) is 6.09. The third kappa shape index (κ3) is 3.45. The molecular weight excluding hydrogens is 266 g/mol. The Morgan fingerprint density at radius 1 is 1.47 bits per heavy atom. The van der Waals surface area contributed by atoms with Gasteiger partial charge in [0, 0.05) is 23.0 Å². The van der Waals surface area contributed by atoms with Gasteiger partial charge in [0.25, 0.3) is 5.89 Å². The fraction of sp³-hybridized carbons (Fsp3) is 0.385. The fourth-order valence-electron chi connectivity index (χ4n) is 1.64. The summed E-state index contributed by atoms with van der Waals surface area (Å²) in [6.07, 6.45) is 0.732. The largest absolute Gasteiger partial charge is 0.483 e. The van der Waals surface area contributed by atoms with Gasteiger partial charge in [0.1, 0.15) is 5.75 Å². The van der Waals surface area contributed by atoms with E-state index in [0.29, 0.717) is 22.5 Å². The van der Waals surface area contributed by atoms with Gasteiger partial charge in [-0.25, -0.2) is 0 Å². The summed E-state index contributed by atoms with van der Waals surface area (Å²) in [5.74, 6) is 1.79. The smallest absolute Gasteiger partial charge is 0.264 e. The van der Waals surface area contributed by atoms with Crippen molar-refractivity contribution in [1.29, 1.82) is 0 Å². The number of aromatic nitrogens is 2. The molecule has 0 saturated heterocycles. The van der Waals surface area contributed by atoms with Crippen molar-refractivity contribution in [3.8, 4) is 5.75 Å². The minimum Gasteiger partial charge on any atom is -0.483 e. The van der Waals surface area contributed by atoms with Gasteiger partial charge in [-0.05, 0) is 25.1 Å². The molecule has 19 heavy (non-hydrogen) atoms. The molecule has 1 heterocycles. The van der Waals surface area contributed by atoms with E-state index >= 15 is 0 Å². The monoisotopic (exact) mass is 281 g/mol. The molecule has 0 aliphatic rings. The lowest BCUT2D eigenvalue weighted by molar-refractivity contribution is 0.240. The van der Waals surface area contributed by atoms with Crippen LogP contribution in [-0.4, -0.2) is 10.1 Å². The van der Waals surface area contributed by atoms with Crippen LogP contribution in [0.4, 0.5) is 0 Å². The minimum absolute atomic E-state index is 0.164. The van der Waals surface area contributed by atoms with Crippen LogP contribution in [-0.2, 0) is 13.0 Å². The van der Waals surface area contributed by atoms with E-state index in [9.17, 15) is 0 Å². The number of rotatable bonds is 5. The number of halogens is 1. The highest BCUT2D eigenvalue weighted by molar-refractivity contribution is 6.30. The van der Waals surface area contributed by atoms with E-state index in [1.165, 1.54) is 0 Å². The molecule has 0 aliphatic carbocycles. The first-order valence-corrected chi connectivity index (χ1v) is 6.47. The van der Waals surface area contributed by atoms with Gasteiger partial charge in [-0.2, -0.15) is 4.98 Å². The summed E-state index contributed by atoms with van der Waals surface area (Å²) in [5.41, 5.74) is 6.74. The van der Waals surface area contributed by atoms with Crippen LogP contribution in [0.1, 0.15) is 37.2 Å². The Kier molecular flexibility index (Phi) is 4.39. The number of benzene rings is 1. The van der Waals surface area contributed by atoms with Crippen LogP contribution in [0.3, 0.4) is 0 Å². The molecule has 1 aromatic heterocycles. The number of nitrogens with two attached hydrogens (primary N) is 1. The van der Waals surface area contributed by atoms with Crippen molar-refractivity contribution in [2.24, 2.45) is 5.73 Å². The number of ether oxygens (including phenoxy) is 1. The molecule has 0 fully saturated rings. The Labute approximate surface area is 116 Å². The second kappa shape index (κ2) is 6.04. The number of hydrogen-bond donors (Lipinski definition) is 1. The van der Waals surface area contributed by atoms with Crippen LogP contribution in [0.2, 0.25) is 5.02 Å². The first kappa shape index (κ1) is 13.8. The second-order valence-corrected chi connectivity index (χ2v) is 4.65. The second-order valence-electron chi connectivity index (χ2n) is 4.22. The minimum atomic E-state index is -0.164. The van der Waals surface area contributed by atoms with Gasteiger partial charge < -0.3 is 15.0 Å². The van der Waals surface area contributed by atoms with Gasteiger partial charge in [-0.15, -0.1) is 0 Å². The topological polar surface area (TPSA) is 74.2 Å². The normalized spacial score (nSPS) is 12.4. The SMILES string of the molecule is CCc1noc(COc2ccc(Cl)cc2[C@@H](C)N)n1. The lowest BCUT2D eigenvalue weighted by Gasteiger charge is -2.13. The fourth-order valence-corrected chi connectivity index (χ4v) is 1.82. The molecule has 6 heteroatoms. The van der Waals surface area contributed by atoms with E-state index in [1.807, 2.05) is 13.8 Å². The number of nitrogens with zero attached hydrogens (tertiary/aromatic N) is 2. The van der Waals surface area contributed by atoms with Gasteiger partial charge in [-0.1, -0.05) is 23.7 Å². The molecule has 2 rings (SSSR count).